The molecule has 0 atom stereocenters. The van der Waals surface area contributed by atoms with Crippen LogP contribution < -0.4 is 5.32 Å². The Balaban J connectivity index is 1.86. The van der Waals surface area contributed by atoms with Crippen LogP contribution in [0.2, 0.25) is 0 Å². The van der Waals surface area contributed by atoms with E-state index in [9.17, 15) is 4.79 Å². The normalized spacial score (nSPS) is 11.0. The molecule has 0 radical (unpaired) electrons. The van der Waals surface area contributed by atoms with E-state index in [0.717, 1.165) is 39.3 Å². The van der Waals surface area contributed by atoms with E-state index in [2.05, 4.69) is 20.4 Å². The third kappa shape index (κ3) is 3.03. The van der Waals surface area contributed by atoms with Gasteiger partial charge in [0.05, 0.1) is 22.3 Å². The van der Waals surface area contributed by atoms with Crippen LogP contribution in [0.4, 0.5) is 5.69 Å². The zero-order valence-corrected chi connectivity index (χ0v) is 16.3. The van der Waals surface area contributed by atoms with Crippen LogP contribution >= 0.6 is 0 Å². The van der Waals surface area contributed by atoms with E-state index in [0.29, 0.717) is 11.2 Å². The lowest BCUT2D eigenvalue weighted by atomic mass is 10.1. The highest BCUT2D eigenvalue weighted by atomic mass is 16.1. The minimum atomic E-state index is -0.177. The van der Waals surface area contributed by atoms with Gasteiger partial charge in [-0.2, -0.15) is 5.10 Å². The van der Waals surface area contributed by atoms with Gasteiger partial charge in [0.15, 0.2) is 5.65 Å². The number of carbonyl (C=O) groups is 1. The Morgan fingerprint density at radius 2 is 1.68 bits per heavy atom. The molecule has 0 saturated carbocycles. The lowest BCUT2D eigenvalue weighted by molar-refractivity contribution is 0.102. The van der Waals surface area contributed by atoms with Gasteiger partial charge in [0.1, 0.15) is 0 Å². The van der Waals surface area contributed by atoms with Gasteiger partial charge in [0.2, 0.25) is 0 Å². The van der Waals surface area contributed by atoms with Crippen molar-refractivity contribution >= 4 is 22.6 Å². The van der Waals surface area contributed by atoms with E-state index >= 15 is 0 Å². The maximum absolute atomic E-state index is 13.2. The van der Waals surface area contributed by atoms with Crippen molar-refractivity contribution in [2.24, 2.45) is 0 Å². The van der Waals surface area contributed by atoms with Crippen molar-refractivity contribution in [2.45, 2.75) is 27.7 Å². The minimum Gasteiger partial charge on any atom is -0.321 e. The zero-order valence-electron chi connectivity index (χ0n) is 16.3. The van der Waals surface area contributed by atoms with Gasteiger partial charge in [-0.25, -0.2) is 9.67 Å². The molecule has 1 amide bonds. The van der Waals surface area contributed by atoms with Crippen LogP contribution in [-0.2, 0) is 0 Å². The standard InChI is InChI=1S/C22H21N5O/c1-13-11-23-12-14(2)20(13)25-22(28)18-10-15(3)24-21-19(18)16(4)26-27(21)17-8-6-5-7-9-17/h5-12H,1-4H3,(H,23,25,28). The third-order valence-corrected chi connectivity index (χ3v) is 4.75. The molecule has 140 valence electrons. The first-order chi connectivity index (χ1) is 13.5. The van der Waals surface area contributed by atoms with E-state index in [1.807, 2.05) is 64.1 Å². The predicted molar refractivity (Wildman–Crippen MR) is 110 cm³/mol. The molecule has 28 heavy (non-hydrogen) atoms. The highest BCUT2D eigenvalue weighted by Gasteiger charge is 2.20. The minimum absolute atomic E-state index is 0.177. The van der Waals surface area contributed by atoms with Gasteiger partial charge in [0, 0.05) is 23.8 Å². The fourth-order valence-electron chi connectivity index (χ4n) is 3.42. The maximum Gasteiger partial charge on any atom is 0.256 e. The Kier molecular flexibility index (Phi) is 4.39. The molecule has 0 unspecified atom stereocenters. The van der Waals surface area contributed by atoms with Crippen molar-refractivity contribution in [3.63, 3.8) is 0 Å². The smallest absolute Gasteiger partial charge is 0.256 e. The lowest BCUT2D eigenvalue weighted by Crippen LogP contribution is -2.15. The number of benzene rings is 1. The summed E-state index contributed by atoms with van der Waals surface area (Å²) in [5, 5.41) is 8.46. The number of para-hydroxylation sites is 1. The molecule has 0 aliphatic carbocycles. The van der Waals surface area contributed by atoms with Crippen LogP contribution in [0.1, 0.15) is 32.9 Å². The van der Waals surface area contributed by atoms with E-state index in [4.69, 9.17) is 0 Å². The second kappa shape index (κ2) is 6.88. The molecule has 1 N–H and O–H groups in total. The van der Waals surface area contributed by atoms with Crippen molar-refractivity contribution in [1.82, 2.24) is 19.7 Å². The third-order valence-electron chi connectivity index (χ3n) is 4.75. The SMILES string of the molecule is Cc1cc(C(=O)Nc2c(C)cncc2C)c2c(C)nn(-c3ccccc3)c2n1. The molecular formula is C22H21N5O. The number of anilines is 1. The summed E-state index contributed by atoms with van der Waals surface area (Å²) in [4.78, 5) is 22.0. The summed E-state index contributed by atoms with van der Waals surface area (Å²) in [6.45, 7) is 7.65. The van der Waals surface area contributed by atoms with Crippen molar-refractivity contribution in [2.75, 3.05) is 5.32 Å². The first-order valence-electron chi connectivity index (χ1n) is 9.10. The summed E-state index contributed by atoms with van der Waals surface area (Å²) in [5.74, 6) is -0.177. The van der Waals surface area contributed by atoms with Gasteiger partial charge in [-0.3, -0.25) is 9.78 Å². The number of nitrogens with one attached hydrogen (secondary N) is 1. The van der Waals surface area contributed by atoms with Gasteiger partial charge in [-0.15, -0.1) is 0 Å². The van der Waals surface area contributed by atoms with Crippen LogP contribution in [-0.4, -0.2) is 25.7 Å². The summed E-state index contributed by atoms with van der Waals surface area (Å²) in [6, 6.07) is 11.6. The number of hydrogen-bond donors (Lipinski definition) is 1. The van der Waals surface area contributed by atoms with Crippen LogP contribution in [0.3, 0.4) is 0 Å². The number of rotatable bonds is 3. The van der Waals surface area contributed by atoms with E-state index in [-0.39, 0.29) is 5.91 Å². The number of hydrogen-bond acceptors (Lipinski definition) is 4. The van der Waals surface area contributed by atoms with Crippen molar-refractivity contribution < 1.29 is 4.79 Å². The number of nitrogens with zero attached hydrogens (tertiary/aromatic N) is 4. The lowest BCUT2D eigenvalue weighted by Gasteiger charge is -2.12. The molecule has 3 aromatic heterocycles. The van der Waals surface area contributed by atoms with Crippen LogP contribution in [0, 0.1) is 27.7 Å². The van der Waals surface area contributed by atoms with Crippen LogP contribution in [0.25, 0.3) is 16.7 Å². The molecule has 1 aromatic carbocycles. The van der Waals surface area contributed by atoms with Crippen LogP contribution in [0.5, 0.6) is 0 Å². The average Bonchev–Trinajstić information content (AvgIpc) is 3.01. The number of pyridine rings is 2. The number of aromatic nitrogens is 4. The first-order valence-corrected chi connectivity index (χ1v) is 9.10. The molecule has 4 rings (SSSR count). The maximum atomic E-state index is 13.2. The molecule has 6 heteroatoms. The quantitative estimate of drug-likeness (QED) is 0.583. The van der Waals surface area contributed by atoms with Gasteiger partial charge < -0.3 is 5.32 Å². The summed E-state index contributed by atoms with van der Waals surface area (Å²) in [6.07, 6.45) is 3.49. The zero-order chi connectivity index (χ0) is 19.8. The van der Waals surface area contributed by atoms with Crippen LogP contribution in [0.15, 0.2) is 48.8 Å². The second-order valence-electron chi connectivity index (χ2n) is 6.94. The molecular weight excluding hydrogens is 350 g/mol. The monoisotopic (exact) mass is 371 g/mol. The Morgan fingerprint density at radius 3 is 2.36 bits per heavy atom. The van der Waals surface area contributed by atoms with Gasteiger partial charge >= 0.3 is 0 Å². The van der Waals surface area contributed by atoms with Crippen molar-refractivity contribution in [1.29, 1.82) is 0 Å². The van der Waals surface area contributed by atoms with E-state index < -0.39 is 0 Å². The average molecular weight is 371 g/mol. The fourth-order valence-corrected chi connectivity index (χ4v) is 3.42. The van der Waals surface area contributed by atoms with Crippen molar-refractivity contribution in [3.05, 3.63) is 76.9 Å². The molecule has 0 saturated heterocycles. The molecule has 0 spiro atoms. The number of aryl methyl sites for hydroxylation is 4. The highest BCUT2D eigenvalue weighted by molar-refractivity contribution is 6.13. The molecule has 6 nitrogen and oxygen atoms in total. The molecule has 0 aliphatic rings. The Morgan fingerprint density at radius 1 is 1.00 bits per heavy atom. The fraction of sp³-hybridized carbons (Fsp3) is 0.182. The van der Waals surface area contributed by atoms with Gasteiger partial charge in [-0.1, -0.05) is 18.2 Å². The molecule has 0 bridgehead atoms. The molecule has 0 fully saturated rings. The summed E-state index contributed by atoms with van der Waals surface area (Å²) in [7, 11) is 0. The number of fused-ring (bicyclic) bond motifs is 1. The second-order valence-corrected chi connectivity index (χ2v) is 6.94. The summed E-state index contributed by atoms with van der Waals surface area (Å²) in [5.41, 5.74) is 6.31. The van der Waals surface area contributed by atoms with Crippen molar-refractivity contribution in [3.8, 4) is 5.69 Å². The largest absolute Gasteiger partial charge is 0.321 e. The molecule has 0 aliphatic heterocycles. The van der Waals surface area contributed by atoms with Gasteiger partial charge in [0.25, 0.3) is 5.91 Å². The highest BCUT2D eigenvalue weighted by Crippen LogP contribution is 2.26. The number of carbonyl (C=O) groups excluding carboxylic acids is 1. The topological polar surface area (TPSA) is 72.7 Å². The summed E-state index contributed by atoms with van der Waals surface area (Å²) < 4.78 is 1.79. The van der Waals surface area contributed by atoms with E-state index in [1.165, 1.54) is 0 Å². The molecule has 4 aromatic rings. The Labute approximate surface area is 163 Å². The van der Waals surface area contributed by atoms with Gasteiger partial charge in [-0.05, 0) is 57.0 Å². The Hall–Kier alpha value is -3.54. The predicted octanol–water partition coefficient (Wildman–Crippen LogP) is 4.30. The Bertz CT molecular complexity index is 1170. The number of amides is 1. The van der Waals surface area contributed by atoms with E-state index in [1.54, 1.807) is 17.1 Å². The first kappa shape index (κ1) is 17.9. The molecule has 3 heterocycles. The summed E-state index contributed by atoms with van der Waals surface area (Å²) >= 11 is 0.